The van der Waals surface area contributed by atoms with Crippen molar-refractivity contribution < 1.29 is 18.3 Å². The summed E-state index contributed by atoms with van der Waals surface area (Å²) in [6.45, 7) is 1.88. The minimum atomic E-state index is -4.13. The fourth-order valence-electron chi connectivity index (χ4n) is 4.14. The van der Waals surface area contributed by atoms with Gasteiger partial charge in [0.1, 0.15) is 0 Å². The zero-order valence-electron chi connectivity index (χ0n) is 17.7. The van der Waals surface area contributed by atoms with Crippen LogP contribution in [0, 0.1) is 6.92 Å². The van der Waals surface area contributed by atoms with Crippen LogP contribution < -0.4 is 0 Å². The summed E-state index contributed by atoms with van der Waals surface area (Å²) in [4.78, 5) is 12.3. The minimum absolute atomic E-state index is 0.0170. The van der Waals surface area contributed by atoms with Gasteiger partial charge in [0, 0.05) is 10.0 Å². The SMILES string of the molecule is Cc1cccc([C@H]2C(C(=O)O)=CC[C@@H](c3ccc(Cl)cc3)N2S(=O)(=O)c2ccc(Cl)cc2)c1. The molecule has 1 N–H and O–H groups in total. The van der Waals surface area contributed by atoms with Gasteiger partial charge in [-0.1, -0.05) is 71.2 Å². The van der Waals surface area contributed by atoms with Crippen molar-refractivity contribution in [2.75, 3.05) is 0 Å². The lowest BCUT2D eigenvalue weighted by molar-refractivity contribution is -0.133. The molecule has 3 aromatic rings. The van der Waals surface area contributed by atoms with Gasteiger partial charge in [-0.3, -0.25) is 0 Å². The number of aliphatic carboxylic acids is 1. The molecule has 2 atom stereocenters. The minimum Gasteiger partial charge on any atom is -0.478 e. The lowest BCUT2D eigenvalue weighted by atomic mass is 9.89. The second kappa shape index (κ2) is 9.31. The highest BCUT2D eigenvalue weighted by Crippen LogP contribution is 2.46. The van der Waals surface area contributed by atoms with E-state index < -0.39 is 28.1 Å². The van der Waals surface area contributed by atoms with Gasteiger partial charge >= 0.3 is 5.97 Å². The molecule has 0 aromatic heterocycles. The van der Waals surface area contributed by atoms with Crippen LogP contribution in [0.2, 0.25) is 10.0 Å². The normalized spacial score (nSPS) is 19.2. The third-order valence-electron chi connectivity index (χ3n) is 5.67. The highest BCUT2D eigenvalue weighted by Gasteiger charge is 2.44. The molecular formula is C25H21Cl2NO4S. The van der Waals surface area contributed by atoms with E-state index in [-0.39, 0.29) is 16.9 Å². The third-order valence-corrected chi connectivity index (χ3v) is 8.06. The highest BCUT2D eigenvalue weighted by atomic mass is 35.5. The van der Waals surface area contributed by atoms with Gasteiger partial charge in [-0.2, -0.15) is 4.31 Å². The number of rotatable bonds is 5. The molecule has 0 saturated carbocycles. The molecule has 170 valence electrons. The van der Waals surface area contributed by atoms with E-state index in [1.165, 1.54) is 28.6 Å². The summed E-state index contributed by atoms with van der Waals surface area (Å²) in [5.41, 5.74) is 2.22. The van der Waals surface area contributed by atoms with Gasteiger partial charge < -0.3 is 5.11 Å². The number of carboxylic acids is 1. The molecule has 0 radical (unpaired) electrons. The van der Waals surface area contributed by atoms with Crippen molar-refractivity contribution in [3.8, 4) is 0 Å². The molecular weight excluding hydrogens is 481 g/mol. The van der Waals surface area contributed by atoms with E-state index in [9.17, 15) is 18.3 Å². The average molecular weight is 502 g/mol. The summed E-state index contributed by atoms with van der Waals surface area (Å²) >= 11 is 12.0. The molecule has 5 nitrogen and oxygen atoms in total. The first-order valence-corrected chi connectivity index (χ1v) is 12.4. The topological polar surface area (TPSA) is 74.7 Å². The predicted molar refractivity (Wildman–Crippen MR) is 129 cm³/mol. The van der Waals surface area contributed by atoms with E-state index in [0.29, 0.717) is 15.6 Å². The Morgan fingerprint density at radius 1 is 0.939 bits per heavy atom. The Hall–Kier alpha value is -2.64. The second-order valence-corrected chi connectivity index (χ2v) is 10.6. The van der Waals surface area contributed by atoms with Crippen LogP contribution in [-0.4, -0.2) is 23.8 Å². The molecule has 3 aromatic carbocycles. The largest absolute Gasteiger partial charge is 0.478 e. The standard InChI is InChI=1S/C25H21Cl2NO4S/c1-16-3-2-4-18(15-16)24-22(25(29)30)13-14-23(17-5-7-19(26)8-6-17)28(24)33(31,32)21-11-9-20(27)10-12-21/h2-13,15,23-24H,14H2,1H3,(H,29,30)/t23-,24-/m0/s1. The Labute approximate surface area is 202 Å². The summed E-state index contributed by atoms with van der Waals surface area (Å²) in [6, 6.07) is 18.4. The maximum atomic E-state index is 14.0. The molecule has 1 aliphatic rings. The number of sulfonamides is 1. The van der Waals surface area contributed by atoms with Crippen molar-refractivity contribution in [1.29, 1.82) is 0 Å². The van der Waals surface area contributed by atoms with Gasteiger partial charge in [0.15, 0.2) is 0 Å². The van der Waals surface area contributed by atoms with Crippen LogP contribution in [0.1, 0.15) is 35.2 Å². The van der Waals surface area contributed by atoms with Crippen molar-refractivity contribution in [1.82, 2.24) is 4.31 Å². The molecule has 0 fully saturated rings. The van der Waals surface area contributed by atoms with Gasteiger partial charge in [0.2, 0.25) is 10.0 Å². The Bertz CT molecular complexity index is 1320. The van der Waals surface area contributed by atoms with Crippen LogP contribution in [0.5, 0.6) is 0 Å². The van der Waals surface area contributed by atoms with Crippen molar-refractivity contribution in [2.24, 2.45) is 0 Å². The number of halogens is 2. The summed E-state index contributed by atoms with van der Waals surface area (Å²) in [7, 11) is -4.13. The number of aryl methyl sites for hydroxylation is 1. The van der Waals surface area contributed by atoms with Gasteiger partial charge in [0.25, 0.3) is 0 Å². The van der Waals surface area contributed by atoms with E-state index in [2.05, 4.69) is 0 Å². The van der Waals surface area contributed by atoms with E-state index in [1.807, 2.05) is 19.1 Å². The van der Waals surface area contributed by atoms with Crippen LogP contribution in [-0.2, 0) is 14.8 Å². The quantitative estimate of drug-likeness (QED) is 0.452. The molecule has 0 bridgehead atoms. The van der Waals surface area contributed by atoms with Gasteiger partial charge in [-0.15, -0.1) is 0 Å². The average Bonchev–Trinajstić information content (AvgIpc) is 2.79. The number of nitrogens with zero attached hydrogens (tertiary/aromatic N) is 1. The molecule has 0 aliphatic carbocycles. The number of carbonyl (C=O) groups is 1. The second-order valence-electron chi connectivity index (χ2n) is 7.87. The predicted octanol–water partition coefficient (Wildman–Crippen LogP) is 6.19. The lowest BCUT2D eigenvalue weighted by Gasteiger charge is -2.40. The Kier molecular flexibility index (Phi) is 6.64. The summed E-state index contributed by atoms with van der Waals surface area (Å²) in [5, 5.41) is 10.9. The first-order valence-electron chi connectivity index (χ1n) is 10.2. The molecule has 8 heteroatoms. The van der Waals surface area contributed by atoms with Crippen LogP contribution in [0.4, 0.5) is 0 Å². The van der Waals surface area contributed by atoms with E-state index >= 15 is 0 Å². The van der Waals surface area contributed by atoms with E-state index in [0.717, 1.165) is 11.1 Å². The van der Waals surface area contributed by atoms with Crippen molar-refractivity contribution in [3.05, 3.63) is 111 Å². The summed E-state index contributed by atoms with van der Waals surface area (Å²) in [6.07, 6.45) is 1.82. The maximum Gasteiger partial charge on any atom is 0.333 e. The Morgan fingerprint density at radius 2 is 1.55 bits per heavy atom. The maximum absolute atomic E-state index is 14.0. The molecule has 1 aliphatic heterocycles. The lowest BCUT2D eigenvalue weighted by Crippen LogP contribution is -2.42. The first-order chi connectivity index (χ1) is 15.7. The number of hydrogen-bond acceptors (Lipinski definition) is 3. The van der Waals surface area contributed by atoms with Crippen molar-refractivity contribution in [2.45, 2.75) is 30.3 Å². The molecule has 0 amide bonds. The van der Waals surface area contributed by atoms with Crippen LogP contribution >= 0.6 is 23.2 Å². The van der Waals surface area contributed by atoms with Crippen molar-refractivity contribution in [3.63, 3.8) is 0 Å². The zero-order valence-corrected chi connectivity index (χ0v) is 20.0. The molecule has 33 heavy (non-hydrogen) atoms. The van der Waals surface area contributed by atoms with Crippen LogP contribution in [0.25, 0.3) is 0 Å². The first kappa shape index (κ1) is 23.5. The summed E-state index contributed by atoms with van der Waals surface area (Å²) in [5.74, 6) is -1.16. The van der Waals surface area contributed by atoms with Gasteiger partial charge in [-0.25, -0.2) is 13.2 Å². The van der Waals surface area contributed by atoms with Crippen molar-refractivity contribution >= 4 is 39.2 Å². The molecule has 0 saturated heterocycles. The fraction of sp³-hybridized carbons (Fsp3) is 0.160. The molecule has 1 heterocycles. The molecule has 0 unspecified atom stereocenters. The summed E-state index contributed by atoms with van der Waals surface area (Å²) < 4.78 is 29.3. The fourth-order valence-corrected chi connectivity index (χ4v) is 6.18. The zero-order chi connectivity index (χ0) is 23.8. The smallest absolute Gasteiger partial charge is 0.333 e. The number of benzene rings is 3. The van der Waals surface area contributed by atoms with E-state index in [1.54, 1.807) is 42.5 Å². The third kappa shape index (κ3) is 4.70. The Morgan fingerprint density at radius 3 is 2.12 bits per heavy atom. The van der Waals surface area contributed by atoms with Crippen LogP contribution in [0.3, 0.4) is 0 Å². The van der Waals surface area contributed by atoms with Gasteiger partial charge in [-0.05, 0) is 60.9 Å². The Balaban J connectivity index is 1.97. The number of hydrogen-bond donors (Lipinski definition) is 1. The monoisotopic (exact) mass is 501 g/mol. The van der Waals surface area contributed by atoms with Crippen LogP contribution in [0.15, 0.2) is 89.3 Å². The van der Waals surface area contributed by atoms with Gasteiger partial charge in [0.05, 0.1) is 22.6 Å². The number of carboxylic acid groups (broad SMARTS) is 1. The van der Waals surface area contributed by atoms with E-state index in [4.69, 9.17) is 23.2 Å². The molecule has 4 rings (SSSR count). The molecule has 0 spiro atoms. The highest BCUT2D eigenvalue weighted by molar-refractivity contribution is 7.89.